The highest BCUT2D eigenvalue weighted by molar-refractivity contribution is 7.10. The molecule has 0 fully saturated rings. The number of hydrogen-bond acceptors (Lipinski definition) is 1. The first-order chi connectivity index (χ1) is 6.45. The summed E-state index contributed by atoms with van der Waals surface area (Å²) in [7, 11) is 0. The molecule has 13 heavy (non-hydrogen) atoms. The molecule has 0 aliphatic rings. The van der Waals surface area contributed by atoms with Crippen LogP contribution in [0.1, 0.15) is 4.88 Å². The van der Waals surface area contributed by atoms with Gasteiger partial charge in [-0.15, -0.1) is 11.3 Å². The molecule has 0 atom stereocenters. The van der Waals surface area contributed by atoms with E-state index in [2.05, 4.69) is 23.6 Å². The molecule has 0 amide bonds. The van der Waals surface area contributed by atoms with Gasteiger partial charge in [0.1, 0.15) is 0 Å². The fourth-order valence-corrected chi connectivity index (χ4v) is 1.67. The fraction of sp³-hybridized carbons (Fsp3) is 0. The van der Waals surface area contributed by atoms with E-state index in [0.717, 1.165) is 0 Å². The Balaban J connectivity index is 2.15. The zero-order chi connectivity index (χ0) is 8.93. The number of rotatable bonds is 2. The van der Waals surface area contributed by atoms with E-state index < -0.39 is 0 Å². The molecule has 0 radical (unpaired) electrons. The van der Waals surface area contributed by atoms with Crippen LogP contribution in [-0.2, 0) is 0 Å². The molecule has 0 bridgehead atoms. The Morgan fingerprint density at radius 1 is 1.08 bits per heavy atom. The summed E-state index contributed by atoms with van der Waals surface area (Å²) in [5.74, 6) is 0. The van der Waals surface area contributed by atoms with Crippen molar-refractivity contribution in [2.75, 3.05) is 0 Å². The van der Waals surface area contributed by atoms with Crippen LogP contribution in [-0.4, -0.2) is 0 Å². The van der Waals surface area contributed by atoms with Crippen molar-refractivity contribution in [3.8, 4) is 0 Å². The molecular weight excluding hydrogens is 178 g/mol. The van der Waals surface area contributed by atoms with Crippen molar-refractivity contribution in [2.45, 2.75) is 0 Å². The predicted molar refractivity (Wildman–Crippen MR) is 56.2 cm³/mol. The van der Waals surface area contributed by atoms with Crippen molar-refractivity contribution in [2.24, 2.45) is 0 Å². The van der Waals surface area contributed by atoms with Crippen LogP contribution < -0.4 is 4.57 Å². The third-order valence-corrected chi connectivity index (χ3v) is 2.53. The smallest absolute Gasteiger partial charge is 0.174 e. The van der Waals surface area contributed by atoms with Crippen molar-refractivity contribution in [1.29, 1.82) is 0 Å². The summed E-state index contributed by atoms with van der Waals surface area (Å²) in [6.07, 6.45) is 8.19. The zero-order valence-electron chi connectivity index (χ0n) is 7.13. The molecule has 0 saturated carbocycles. The lowest BCUT2D eigenvalue weighted by molar-refractivity contribution is -0.567. The van der Waals surface area contributed by atoms with E-state index >= 15 is 0 Å². The molecule has 64 valence electrons. The van der Waals surface area contributed by atoms with Crippen molar-refractivity contribution in [1.82, 2.24) is 0 Å². The Labute approximate surface area is 81.6 Å². The number of aromatic nitrogens is 1. The van der Waals surface area contributed by atoms with Gasteiger partial charge in [-0.05, 0) is 11.4 Å². The third-order valence-electron chi connectivity index (χ3n) is 1.69. The molecule has 2 aromatic heterocycles. The van der Waals surface area contributed by atoms with E-state index in [1.54, 1.807) is 11.3 Å². The minimum Gasteiger partial charge on any atom is -0.174 e. The highest BCUT2D eigenvalue weighted by Crippen LogP contribution is 2.09. The lowest BCUT2D eigenvalue weighted by atomic mass is 10.4. The molecule has 2 rings (SSSR count). The van der Waals surface area contributed by atoms with Crippen molar-refractivity contribution < 1.29 is 4.57 Å². The first-order valence-electron chi connectivity index (χ1n) is 4.13. The fourth-order valence-electron chi connectivity index (χ4n) is 1.06. The van der Waals surface area contributed by atoms with Crippen molar-refractivity contribution in [3.05, 3.63) is 53.0 Å². The quantitative estimate of drug-likeness (QED) is 0.638. The molecule has 0 N–H and O–H groups in total. The SMILES string of the molecule is C(=C\[n+]1ccccc1)/c1cccs1. The molecular formula is C11H10NS+. The van der Waals surface area contributed by atoms with Gasteiger partial charge in [0.25, 0.3) is 0 Å². The van der Waals surface area contributed by atoms with Gasteiger partial charge in [0.15, 0.2) is 18.6 Å². The maximum Gasteiger partial charge on any atom is 0.175 e. The molecule has 0 unspecified atom stereocenters. The van der Waals surface area contributed by atoms with Crippen LogP contribution in [0.4, 0.5) is 0 Å². The van der Waals surface area contributed by atoms with E-state index in [-0.39, 0.29) is 0 Å². The van der Waals surface area contributed by atoms with Crippen LogP contribution in [0, 0.1) is 0 Å². The van der Waals surface area contributed by atoms with Crippen LogP contribution in [0.2, 0.25) is 0 Å². The maximum atomic E-state index is 2.10. The molecule has 2 heteroatoms. The summed E-state index contributed by atoms with van der Waals surface area (Å²) in [6.45, 7) is 0. The number of nitrogens with zero attached hydrogens (tertiary/aromatic N) is 1. The van der Waals surface area contributed by atoms with E-state index in [4.69, 9.17) is 0 Å². The first kappa shape index (κ1) is 8.20. The van der Waals surface area contributed by atoms with Gasteiger partial charge in [-0.1, -0.05) is 12.1 Å². The minimum absolute atomic E-state index is 1.27. The second-order valence-corrected chi connectivity index (χ2v) is 3.63. The van der Waals surface area contributed by atoms with Crippen LogP contribution in [0.25, 0.3) is 12.3 Å². The number of pyridine rings is 1. The second-order valence-electron chi connectivity index (χ2n) is 2.65. The normalized spacial score (nSPS) is 10.8. The summed E-state index contributed by atoms with van der Waals surface area (Å²) in [5.41, 5.74) is 0. The monoisotopic (exact) mass is 188 g/mol. The second kappa shape index (κ2) is 4.01. The van der Waals surface area contributed by atoms with Gasteiger partial charge < -0.3 is 0 Å². The van der Waals surface area contributed by atoms with E-state index in [9.17, 15) is 0 Å². The summed E-state index contributed by atoms with van der Waals surface area (Å²) in [4.78, 5) is 1.27. The average molecular weight is 188 g/mol. The summed E-state index contributed by atoms with van der Waals surface area (Å²) in [6, 6.07) is 10.2. The molecule has 0 aliphatic heterocycles. The van der Waals surface area contributed by atoms with Crippen molar-refractivity contribution in [3.63, 3.8) is 0 Å². The molecule has 2 heterocycles. The Morgan fingerprint density at radius 2 is 1.92 bits per heavy atom. The molecule has 2 aromatic rings. The Bertz CT molecular complexity index is 376. The first-order valence-corrected chi connectivity index (χ1v) is 5.00. The molecule has 1 nitrogen and oxygen atoms in total. The lowest BCUT2D eigenvalue weighted by Gasteiger charge is -1.84. The summed E-state index contributed by atoms with van der Waals surface area (Å²) in [5, 5.41) is 2.08. The Kier molecular flexibility index (Phi) is 2.53. The topological polar surface area (TPSA) is 3.88 Å². The van der Waals surface area contributed by atoms with Crippen LogP contribution in [0.15, 0.2) is 48.1 Å². The number of hydrogen-bond donors (Lipinski definition) is 0. The Hall–Kier alpha value is -1.41. The van der Waals surface area contributed by atoms with E-state index in [1.807, 2.05) is 41.4 Å². The van der Waals surface area contributed by atoms with Gasteiger partial charge in [0, 0.05) is 23.1 Å². The van der Waals surface area contributed by atoms with E-state index in [1.165, 1.54) is 4.88 Å². The standard InChI is InChI=1S/C11H10NS/c1-2-7-12(8-3-1)9-6-11-5-4-10-13-11/h1-10H/q+1/b9-6+. The molecule has 0 aliphatic carbocycles. The molecule has 0 saturated heterocycles. The van der Waals surface area contributed by atoms with Gasteiger partial charge in [-0.25, -0.2) is 0 Å². The van der Waals surface area contributed by atoms with Gasteiger partial charge in [-0.2, -0.15) is 4.57 Å². The minimum atomic E-state index is 1.27. The van der Waals surface area contributed by atoms with Crippen LogP contribution in [0.5, 0.6) is 0 Å². The lowest BCUT2D eigenvalue weighted by Crippen LogP contribution is -2.23. The third kappa shape index (κ3) is 2.26. The predicted octanol–water partition coefficient (Wildman–Crippen LogP) is 2.66. The largest absolute Gasteiger partial charge is 0.175 e. The van der Waals surface area contributed by atoms with Crippen LogP contribution >= 0.6 is 11.3 Å². The Morgan fingerprint density at radius 3 is 2.62 bits per heavy atom. The highest BCUT2D eigenvalue weighted by atomic mass is 32.1. The summed E-state index contributed by atoms with van der Waals surface area (Å²) >= 11 is 1.74. The van der Waals surface area contributed by atoms with Crippen LogP contribution in [0.3, 0.4) is 0 Å². The average Bonchev–Trinajstić information content (AvgIpc) is 2.69. The van der Waals surface area contributed by atoms with Crippen molar-refractivity contribution >= 4 is 23.6 Å². The van der Waals surface area contributed by atoms with Gasteiger partial charge in [0.05, 0.1) is 0 Å². The van der Waals surface area contributed by atoms with Gasteiger partial charge in [-0.3, -0.25) is 0 Å². The number of thiophene rings is 1. The zero-order valence-corrected chi connectivity index (χ0v) is 7.95. The van der Waals surface area contributed by atoms with Gasteiger partial charge >= 0.3 is 0 Å². The van der Waals surface area contributed by atoms with Gasteiger partial charge in [0.2, 0.25) is 0 Å². The molecule has 0 spiro atoms. The summed E-state index contributed by atoms with van der Waals surface area (Å²) < 4.78 is 2.03. The van der Waals surface area contributed by atoms with E-state index in [0.29, 0.717) is 0 Å². The maximum absolute atomic E-state index is 2.10. The molecule has 0 aromatic carbocycles. The highest BCUT2D eigenvalue weighted by Gasteiger charge is 1.91.